The Balaban J connectivity index is 2.32. The summed E-state index contributed by atoms with van der Waals surface area (Å²) in [6.45, 7) is 4.14. The summed E-state index contributed by atoms with van der Waals surface area (Å²) in [5, 5.41) is 31.6. The number of unbranched alkanes of at least 4 members (excludes halogenated alkanes) is 1. The third kappa shape index (κ3) is 13.6. The van der Waals surface area contributed by atoms with Gasteiger partial charge < -0.3 is 35.6 Å². The minimum atomic E-state index is -1.55. The third-order valence-electron chi connectivity index (χ3n) is 5.65. The standard InChI is InChI=1S/C26H35N3O10/c1-3-17-7-9-18(10-8-17)16-22(31)29(2)15-13-21(30)27-14-5-4-6-20(25(36)37)39-26(38)28-19(24(34)35)11-12-23(32)33/h3,7-10,19-20H,1,4-6,11-16H2,2H3,(H,27,30)(H,28,38)(H,32,33)(H,34,35)(H,36,37)/t19-,20-/m0/s1. The van der Waals surface area contributed by atoms with Crippen LogP contribution in [0, 0.1) is 0 Å². The molecule has 0 aromatic heterocycles. The van der Waals surface area contributed by atoms with Crippen molar-refractivity contribution in [2.24, 2.45) is 0 Å². The number of benzene rings is 1. The van der Waals surface area contributed by atoms with Crippen LogP contribution in [-0.2, 0) is 35.1 Å². The van der Waals surface area contributed by atoms with Gasteiger partial charge in [0.2, 0.25) is 17.9 Å². The lowest BCUT2D eigenvalue weighted by molar-refractivity contribution is -0.147. The van der Waals surface area contributed by atoms with Gasteiger partial charge in [-0.15, -0.1) is 0 Å². The number of carboxylic acid groups (broad SMARTS) is 3. The Labute approximate surface area is 225 Å². The maximum atomic E-state index is 12.4. The minimum absolute atomic E-state index is 0.0868. The molecule has 3 amide bonds. The first-order valence-corrected chi connectivity index (χ1v) is 12.3. The van der Waals surface area contributed by atoms with Crippen LogP contribution < -0.4 is 10.6 Å². The Hall–Kier alpha value is -4.42. The molecule has 13 heteroatoms. The molecule has 1 aromatic rings. The van der Waals surface area contributed by atoms with Gasteiger partial charge in [0.15, 0.2) is 0 Å². The highest BCUT2D eigenvalue weighted by Crippen LogP contribution is 2.09. The molecule has 0 heterocycles. The van der Waals surface area contributed by atoms with Crippen LogP contribution in [0.2, 0.25) is 0 Å². The average molecular weight is 550 g/mol. The van der Waals surface area contributed by atoms with E-state index in [0.29, 0.717) is 6.42 Å². The van der Waals surface area contributed by atoms with Gasteiger partial charge in [-0.1, -0.05) is 36.9 Å². The number of amides is 3. The second-order valence-corrected chi connectivity index (χ2v) is 8.73. The van der Waals surface area contributed by atoms with Gasteiger partial charge in [0, 0.05) is 33.0 Å². The molecule has 5 N–H and O–H groups in total. The van der Waals surface area contributed by atoms with Crippen LogP contribution in [0.15, 0.2) is 30.8 Å². The average Bonchev–Trinajstić information content (AvgIpc) is 2.88. The van der Waals surface area contributed by atoms with Crippen LogP contribution in [0.5, 0.6) is 0 Å². The quantitative estimate of drug-likeness (QED) is 0.167. The fourth-order valence-electron chi connectivity index (χ4n) is 3.31. The first kappa shape index (κ1) is 32.6. The summed E-state index contributed by atoms with van der Waals surface area (Å²) in [6.07, 6.45) is -1.18. The molecule has 1 aromatic carbocycles. The van der Waals surface area contributed by atoms with Gasteiger partial charge in [0.1, 0.15) is 6.04 Å². The van der Waals surface area contributed by atoms with Crippen molar-refractivity contribution in [1.82, 2.24) is 15.5 Å². The van der Waals surface area contributed by atoms with Gasteiger partial charge in [-0.25, -0.2) is 14.4 Å². The molecular formula is C26H35N3O10. The van der Waals surface area contributed by atoms with E-state index in [9.17, 15) is 33.9 Å². The number of ether oxygens (including phenoxy) is 1. The Morgan fingerprint density at radius 3 is 2.21 bits per heavy atom. The normalized spacial score (nSPS) is 11.9. The van der Waals surface area contributed by atoms with E-state index in [1.165, 1.54) is 4.90 Å². The highest BCUT2D eigenvalue weighted by molar-refractivity contribution is 5.82. The second-order valence-electron chi connectivity index (χ2n) is 8.73. The molecule has 0 radical (unpaired) electrons. The molecule has 0 aliphatic carbocycles. The van der Waals surface area contributed by atoms with Crippen molar-refractivity contribution in [1.29, 1.82) is 0 Å². The number of carboxylic acids is 3. The van der Waals surface area contributed by atoms with E-state index in [4.69, 9.17) is 14.9 Å². The SMILES string of the molecule is C=Cc1ccc(CC(=O)N(C)CCC(=O)NCCCC[C@H](OC(=O)N[C@@H](CCC(=O)O)C(=O)O)C(=O)O)cc1. The number of aliphatic carboxylic acids is 3. The Morgan fingerprint density at radius 1 is 0.974 bits per heavy atom. The Morgan fingerprint density at radius 2 is 1.64 bits per heavy atom. The van der Waals surface area contributed by atoms with E-state index in [-0.39, 0.29) is 50.6 Å². The summed E-state index contributed by atoms with van der Waals surface area (Å²) < 4.78 is 4.78. The molecule has 0 aliphatic heterocycles. The lowest BCUT2D eigenvalue weighted by Gasteiger charge is -2.18. The molecule has 214 valence electrons. The maximum absolute atomic E-state index is 12.4. The fraction of sp³-hybridized carbons (Fsp3) is 0.462. The highest BCUT2D eigenvalue weighted by Gasteiger charge is 2.26. The number of nitrogens with zero attached hydrogens (tertiary/aromatic N) is 1. The smallest absolute Gasteiger partial charge is 0.408 e. The molecule has 39 heavy (non-hydrogen) atoms. The zero-order valence-electron chi connectivity index (χ0n) is 21.8. The van der Waals surface area contributed by atoms with Gasteiger partial charge in [0.05, 0.1) is 6.42 Å². The Kier molecular flexibility index (Phi) is 14.3. The van der Waals surface area contributed by atoms with Crippen molar-refractivity contribution in [2.75, 3.05) is 20.1 Å². The molecule has 0 fully saturated rings. The van der Waals surface area contributed by atoms with E-state index in [0.717, 1.165) is 11.1 Å². The molecule has 0 aliphatic rings. The number of carbonyl (C=O) groups is 6. The summed E-state index contributed by atoms with van der Waals surface area (Å²) >= 11 is 0. The molecule has 1 rings (SSSR count). The van der Waals surface area contributed by atoms with Crippen LogP contribution in [0.4, 0.5) is 4.79 Å². The number of carbonyl (C=O) groups excluding carboxylic acids is 3. The van der Waals surface area contributed by atoms with Crippen LogP contribution >= 0.6 is 0 Å². The van der Waals surface area contributed by atoms with Gasteiger partial charge in [-0.3, -0.25) is 14.4 Å². The predicted molar refractivity (Wildman–Crippen MR) is 139 cm³/mol. The van der Waals surface area contributed by atoms with Gasteiger partial charge >= 0.3 is 24.0 Å². The number of alkyl carbamates (subject to hydrolysis) is 1. The number of likely N-dealkylation sites (N-methyl/N-ethyl adjacent to an activating group) is 1. The van der Waals surface area contributed by atoms with Crippen molar-refractivity contribution in [3.63, 3.8) is 0 Å². The molecule has 0 saturated heterocycles. The fourth-order valence-corrected chi connectivity index (χ4v) is 3.31. The van der Waals surface area contributed by atoms with E-state index in [1.807, 2.05) is 29.6 Å². The van der Waals surface area contributed by atoms with Crippen molar-refractivity contribution >= 4 is 41.9 Å². The van der Waals surface area contributed by atoms with E-state index in [1.54, 1.807) is 13.1 Å². The third-order valence-corrected chi connectivity index (χ3v) is 5.65. The number of rotatable bonds is 18. The zero-order valence-corrected chi connectivity index (χ0v) is 21.8. The molecule has 2 atom stereocenters. The summed E-state index contributed by atoms with van der Waals surface area (Å²) in [4.78, 5) is 71.0. The highest BCUT2D eigenvalue weighted by atomic mass is 16.6. The summed E-state index contributed by atoms with van der Waals surface area (Å²) in [5.74, 6) is -4.58. The van der Waals surface area contributed by atoms with Gasteiger partial charge in [-0.2, -0.15) is 0 Å². The van der Waals surface area contributed by atoms with Crippen LogP contribution in [0.3, 0.4) is 0 Å². The van der Waals surface area contributed by atoms with Gasteiger partial charge in [-0.05, 0) is 36.8 Å². The molecule has 0 saturated carbocycles. The lowest BCUT2D eigenvalue weighted by atomic mass is 10.1. The van der Waals surface area contributed by atoms with E-state index < -0.39 is 49.0 Å². The monoisotopic (exact) mass is 549 g/mol. The number of hydrogen-bond acceptors (Lipinski definition) is 7. The minimum Gasteiger partial charge on any atom is -0.481 e. The summed E-state index contributed by atoms with van der Waals surface area (Å²) in [5.41, 5.74) is 1.80. The molecule has 13 nitrogen and oxygen atoms in total. The van der Waals surface area contributed by atoms with E-state index >= 15 is 0 Å². The number of hydrogen-bond donors (Lipinski definition) is 5. The van der Waals surface area contributed by atoms with Crippen molar-refractivity contribution in [3.8, 4) is 0 Å². The molecule has 0 bridgehead atoms. The van der Waals surface area contributed by atoms with Crippen molar-refractivity contribution in [3.05, 3.63) is 42.0 Å². The first-order valence-electron chi connectivity index (χ1n) is 12.3. The first-order chi connectivity index (χ1) is 18.4. The maximum Gasteiger partial charge on any atom is 0.408 e. The zero-order chi connectivity index (χ0) is 29.4. The Bertz CT molecular complexity index is 1030. The van der Waals surface area contributed by atoms with Crippen molar-refractivity contribution in [2.45, 2.75) is 57.1 Å². The largest absolute Gasteiger partial charge is 0.481 e. The number of nitrogens with one attached hydrogen (secondary N) is 2. The molecule has 0 unspecified atom stereocenters. The van der Waals surface area contributed by atoms with Gasteiger partial charge in [0.25, 0.3) is 0 Å². The summed E-state index contributed by atoms with van der Waals surface area (Å²) in [7, 11) is 1.61. The second kappa shape index (κ2) is 17.2. The van der Waals surface area contributed by atoms with Crippen LogP contribution in [0.25, 0.3) is 6.08 Å². The molecular weight excluding hydrogens is 514 g/mol. The van der Waals surface area contributed by atoms with Crippen molar-refractivity contribution < 1.29 is 48.8 Å². The molecule has 0 spiro atoms. The van der Waals surface area contributed by atoms with Crippen LogP contribution in [-0.4, -0.2) is 88.3 Å². The topological polar surface area (TPSA) is 200 Å². The summed E-state index contributed by atoms with van der Waals surface area (Å²) in [6, 6.07) is 5.87. The lowest BCUT2D eigenvalue weighted by Crippen LogP contribution is -2.43. The van der Waals surface area contributed by atoms with Crippen LogP contribution in [0.1, 0.15) is 49.7 Å². The predicted octanol–water partition coefficient (Wildman–Crippen LogP) is 1.50. The van der Waals surface area contributed by atoms with E-state index in [2.05, 4.69) is 11.9 Å².